The summed E-state index contributed by atoms with van der Waals surface area (Å²) in [6, 6.07) is 2.89. The van der Waals surface area contributed by atoms with Crippen molar-refractivity contribution in [3.63, 3.8) is 0 Å². The maximum atomic E-state index is 11.3. The highest BCUT2D eigenvalue weighted by molar-refractivity contribution is 6.04. The molecule has 0 aromatic carbocycles. The minimum atomic E-state index is -0.406. The van der Waals surface area contributed by atoms with Crippen LogP contribution in [0.2, 0.25) is 0 Å². The Morgan fingerprint density at radius 2 is 2.21 bits per heavy atom. The van der Waals surface area contributed by atoms with Crippen LogP contribution in [0, 0.1) is 0 Å². The summed E-state index contributed by atoms with van der Waals surface area (Å²) in [5.74, 6) is 0.236. The fraction of sp³-hybridized carbons (Fsp3) is 0.417. The van der Waals surface area contributed by atoms with Crippen molar-refractivity contribution in [2.75, 3.05) is 17.6 Å². The largest absolute Gasteiger partial charge is 0.382 e. The molecule has 0 bridgehead atoms. The number of nitrogen functional groups attached to an aromatic ring is 1. The van der Waals surface area contributed by atoms with Crippen LogP contribution in [-0.4, -0.2) is 29.5 Å². The quantitative estimate of drug-likeness (QED) is 0.440. The predicted octanol–water partition coefficient (Wildman–Crippen LogP) is 0.454. The standard InChI is InChI=1S/C12H17N5O2/c13-10-8(5-3-7-15-10)14-6-2-1-4-9-11(18)17-12(19)16-9/h3,5,7,9,14H,1-2,4,6H2,(H2,13,15)(H2,16,17,18,19)/t9-/m0/s1. The number of hydrogen-bond donors (Lipinski definition) is 4. The number of hydrogen-bond acceptors (Lipinski definition) is 5. The van der Waals surface area contributed by atoms with E-state index in [1.807, 2.05) is 12.1 Å². The van der Waals surface area contributed by atoms with E-state index in [9.17, 15) is 9.59 Å². The number of imide groups is 1. The smallest absolute Gasteiger partial charge is 0.322 e. The zero-order valence-electron chi connectivity index (χ0n) is 10.5. The number of nitrogens with one attached hydrogen (secondary N) is 3. The monoisotopic (exact) mass is 263 g/mol. The Bertz CT molecular complexity index is 477. The van der Waals surface area contributed by atoms with Gasteiger partial charge in [-0.15, -0.1) is 0 Å². The molecule has 1 aromatic heterocycles. The number of amides is 3. The molecule has 1 aliphatic heterocycles. The molecular weight excluding hydrogens is 246 g/mol. The molecule has 102 valence electrons. The van der Waals surface area contributed by atoms with Crippen molar-refractivity contribution in [3.05, 3.63) is 18.3 Å². The minimum Gasteiger partial charge on any atom is -0.382 e. The highest BCUT2D eigenvalue weighted by Gasteiger charge is 2.28. The molecule has 1 aliphatic rings. The molecule has 2 heterocycles. The zero-order chi connectivity index (χ0) is 13.7. The first-order valence-electron chi connectivity index (χ1n) is 6.22. The first-order chi connectivity index (χ1) is 9.16. The van der Waals surface area contributed by atoms with Crippen LogP contribution in [0.25, 0.3) is 0 Å². The van der Waals surface area contributed by atoms with Gasteiger partial charge < -0.3 is 16.4 Å². The van der Waals surface area contributed by atoms with Gasteiger partial charge in [0.1, 0.15) is 11.9 Å². The number of unbranched alkanes of at least 4 members (excludes halogenated alkanes) is 1. The number of anilines is 2. The van der Waals surface area contributed by atoms with Gasteiger partial charge in [-0.1, -0.05) is 0 Å². The van der Waals surface area contributed by atoms with Crippen LogP contribution in [0.3, 0.4) is 0 Å². The van der Waals surface area contributed by atoms with E-state index < -0.39 is 12.1 Å². The second-order valence-corrected chi connectivity index (χ2v) is 4.37. The zero-order valence-corrected chi connectivity index (χ0v) is 10.5. The number of nitrogens with two attached hydrogens (primary N) is 1. The number of aromatic nitrogens is 1. The van der Waals surface area contributed by atoms with Gasteiger partial charge in [0.2, 0.25) is 0 Å². The van der Waals surface area contributed by atoms with Gasteiger partial charge in [0.15, 0.2) is 0 Å². The predicted molar refractivity (Wildman–Crippen MR) is 71.5 cm³/mol. The molecule has 1 fully saturated rings. The van der Waals surface area contributed by atoms with Crippen molar-refractivity contribution in [1.29, 1.82) is 0 Å². The third-order valence-corrected chi connectivity index (χ3v) is 2.93. The maximum Gasteiger partial charge on any atom is 0.322 e. The number of pyridine rings is 1. The van der Waals surface area contributed by atoms with Crippen LogP contribution in [0.1, 0.15) is 19.3 Å². The van der Waals surface area contributed by atoms with Crippen molar-refractivity contribution in [2.45, 2.75) is 25.3 Å². The molecule has 0 spiro atoms. The summed E-state index contributed by atoms with van der Waals surface area (Å²) < 4.78 is 0. The van der Waals surface area contributed by atoms with Crippen LogP contribution in [-0.2, 0) is 4.79 Å². The van der Waals surface area contributed by atoms with Gasteiger partial charge in [-0.3, -0.25) is 10.1 Å². The first kappa shape index (κ1) is 13.1. The van der Waals surface area contributed by atoms with E-state index in [0.717, 1.165) is 25.1 Å². The molecule has 0 radical (unpaired) electrons. The molecule has 3 amide bonds. The molecular formula is C12H17N5O2. The lowest BCUT2D eigenvalue weighted by Crippen LogP contribution is -2.28. The summed E-state index contributed by atoms with van der Waals surface area (Å²) in [7, 11) is 0. The molecule has 0 aliphatic carbocycles. The Morgan fingerprint density at radius 1 is 1.37 bits per heavy atom. The summed E-state index contributed by atoms with van der Waals surface area (Å²) in [6.45, 7) is 0.748. The normalized spacial score (nSPS) is 18.0. The minimum absolute atomic E-state index is 0.241. The number of rotatable bonds is 6. The number of carbonyl (C=O) groups is 2. The molecule has 2 rings (SSSR count). The summed E-state index contributed by atoms with van der Waals surface area (Å²) >= 11 is 0. The fourth-order valence-electron chi connectivity index (χ4n) is 1.93. The Labute approximate surface area is 111 Å². The summed E-state index contributed by atoms with van der Waals surface area (Å²) in [4.78, 5) is 26.2. The van der Waals surface area contributed by atoms with E-state index in [1.165, 1.54) is 0 Å². The molecule has 0 saturated carbocycles. The van der Waals surface area contributed by atoms with Crippen LogP contribution in [0.15, 0.2) is 18.3 Å². The van der Waals surface area contributed by atoms with Gasteiger partial charge in [-0.05, 0) is 31.4 Å². The van der Waals surface area contributed by atoms with Crippen molar-refractivity contribution < 1.29 is 9.59 Å². The van der Waals surface area contributed by atoms with Gasteiger partial charge in [-0.2, -0.15) is 0 Å². The molecule has 19 heavy (non-hydrogen) atoms. The highest BCUT2D eigenvalue weighted by atomic mass is 16.2. The van der Waals surface area contributed by atoms with Gasteiger partial charge in [0, 0.05) is 12.7 Å². The summed E-state index contributed by atoms with van der Waals surface area (Å²) in [6.07, 6.45) is 4.00. The average molecular weight is 263 g/mol. The van der Waals surface area contributed by atoms with Crippen molar-refractivity contribution >= 4 is 23.4 Å². The van der Waals surface area contributed by atoms with E-state index in [1.54, 1.807) is 6.20 Å². The second-order valence-electron chi connectivity index (χ2n) is 4.37. The molecule has 5 N–H and O–H groups in total. The average Bonchev–Trinajstić information content (AvgIpc) is 2.70. The number of nitrogens with zero attached hydrogens (tertiary/aromatic N) is 1. The van der Waals surface area contributed by atoms with Crippen molar-refractivity contribution in [1.82, 2.24) is 15.6 Å². The summed E-state index contributed by atoms with van der Waals surface area (Å²) in [5.41, 5.74) is 6.51. The Kier molecular flexibility index (Phi) is 4.17. The first-order valence-corrected chi connectivity index (χ1v) is 6.22. The topological polar surface area (TPSA) is 109 Å². The molecule has 7 nitrogen and oxygen atoms in total. The van der Waals surface area contributed by atoms with Gasteiger partial charge >= 0.3 is 6.03 Å². The number of urea groups is 1. The molecule has 1 saturated heterocycles. The van der Waals surface area contributed by atoms with Crippen molar-refractivity contribution in [3.8, 4) is 0 Å². The molecule has 0 unspecified atom stereocenters. The van der Waals surface area contributed by atoms with Crippen LogP contribution < -0.4 is 21.7 Å². The lowest BCUT2D eigenvalue weighted by Gasteiger charge is -2.09. The van der Waals surface area contributed by atoms with E-state index in [0.29, 0.717) is 12.2 Å². The number of carbonyl (C=O) groups excluding carboxylic acids is 2. The third kappa shape index (κ3) is 3.57. The third-order valence-electron chi connectivity index (χ3n) is 2.93. The van der Waals surface area contributed by atoms with Crippen LogP contribution in [0.4, 0.5) is 16.3 Å². The highest BCUT2D eigenvalue weighted by Crippen LogP contribution is 2.13. The Balaban J connectivity index is 1.64. The van der Waals surface area contributed by atoms with Crippen molar-refractivity contribution in [2.24, 2.45) is 0 Å². The Morgan fingerprint density at radius 3 is 2.89 bits per heavy atom. The van der Waals surface area contributed by atoms with E-state index in [-0.39, 0.29) is 5.91 Å². The van der Waals surface area contributed by atoms with Gasteiger partial charge in [0.25, 0.3) is 5.91 Å². The summed E-state index contributed by atoms with van der Waals surface area (Å²) in [5, 5.41) is 7.97. The molecule has 1 atom stereocenters. The van der Waals surface area contributed by atoms with Crippen LogP contribution in [0.5, 0.6) is 0 Å². The van der Waals surface area contributed by atoms with Crippen LogP contribution >= 0.6 is 0 Å². The molecule has 7 heteroatoms. The fourth-order valence-corrected chi connectivity index (χ4v) is 1.93. The molecule has 1 aromatic rings. The van der Waals surface area contributed by atoms with Gasteiger partial charge in [0.05, 0.1) is 5.69 Å². The van der Waals surface area contributed by atoms with E-state index >= 15 is 0 Å². The van der Waals surface area contributed by atoms with Gasteiger partial charge in [-0.25, -0.2) is 9.78 Å². The van der Waals surface area contributed by atoms with E-state index in [2.05, 4.69) is 20.9 Å². The second kappa shape index (κ2) is 6.03. The Hall–Kier alpha value is -2.31. The lowest BCUT2D eigenvalue weighted by atomic mass is 10.1. The maximum absolute atomic E-state index is 11.3. The SMILES string of the molecule is Nc1ncccc1NCCCC[C@@H]1NC(=O)NC1=O. The van der Waals surface area contributed by atoms with E-state index in [4.69, 9.17) is 5.73 Å². The lowest BCUT2D eigenvalue weighted by molar-refractivity contribution is -0.120.